The molecular weight excluding hydrogens is 236 g/mol. The highest BCUT2D eigenvalue weighted by atomic mass is 32.2. The van der Waals surface area contributed by atoms with Gasteiger partial charge in [0.05, 0.1) is 11.5 Å². The lowest BCUT2D eigenvalue weighted by Crippen LogP contribution is -2.46. The van der Waals surface area contributed by atoms with Crippen LogP contribution in [0, 0.1) is 11.8 Å². The highest BCUT2D eigenvalue weighted by Gasteiger charge is 2.38. The Morgan fingerprint density at radius 2 is 2.06 bits per heavy atom. The number of nitrogens with one attached hydrogen (secondary N) is 1. The van der Waals surface area contributed by atoms with Crippen LogP contribution in [0.2, 0.25) is 0 Å². The normalized spacial score (nSPS) is 29.7. The van der Waals surface area contributed by atoms with Gasteiger partial charge in [-0.3, -0.25) is 0 Å². The zero-order valence-electron chi connectivity index (χ0n) is 11.2. The summed E-state index contributed by atoms with van der Waals surface area (Å²) >= 11 is 0. The third kappa shape index (κ3) is 4.94. The molecule has 102 valence electrons. The molecule has 5 heteroatoms. The molecule has 0 aromatic rings. The Morgan fingerprint density at radius 1 is 1.41 bits per heavy atom. The van der Waals surface area contributed by atoms with E-state index >= 15 is 0 Å². The molecule has 1 aliphatic rings. The third-order valence-corrected chi connectivity index (χ3v) is 5.36. The van der Waals surface area contributed by atoms with Crippen LogP contribution < -0.4 is 11.1 Å². The van der Waals surface area contributed by atoms with Gasteiger partial charge in [0.2, 0.25) is 0 Å². The van der Waals surface area contributed by atoms with Crippen LogP contribution >= 0.6 is 0 Å². The summed E-state index contributed by atoms with van der Waals surface area (Å²) in [4.78, 5) is 0. The average molecular weight is 262 g/mol. The molecule has 0 aromatic carbocycles. The molecule has 0 aliphatic carbocycles. The maximum absolute atomic E-state index is 11.5. The van der Waals surface area contributed by atoms with Gasteiger partial charge >= 0.3 is 0 Å². The summed E-state index contributed by atoms with van der Waals surface area (Å²) in [5, 5.41) is 3.41. The summed E-state index contributed by atoms with van der Waals surface area (Å²) in [5.41, 5.74) is 5.50. The van der Waals surface area contributed by atoms with Crippen LogP contribution in [0.25, 0.3) is 0 Å². The Hall–Kier alpha value is -0.130. The molecule has 2 atom stereocenters. The molecule has 4 nitrogen and oxygen atoms in total. The van der Waals surface area contributed by atoms with Crippen molar-refractivity contribution in [3.05, 3.63) is 0 Å². The first kappa shape index (κ1) is 14.9. The fourth-order valence-corrected chi connectivity index (χ4v) is 4.59. The van der Waals surface area contributed by atoms with Crippen molar-refractivity contribution in [2.75, 3.05) is 24.6 Å². The Labute approximate surface area is 105 Å². The highest BCUT2D eigenvalue weighted by Crippen LogP contribution is 2.23. The molecule has 2 unspecified atom stereocenters. The lowest BCUT2D eigenvalue weighted by Gasteiger charge is -2.27. The van der Waals surface area contributed by atoms with Gasteiger partial charge in [-0.15, -0.1) is 0 Å². The van der Waals surface area contributed by atoms with Crippen LogP contribution in [-0.4, -0.2) is 38.6 Å². The van der Waals surface area contributed by atoms with Crippen molar-refractivity contribution in [3.63, 3.8) is 0 Å². The van der Waals surface area contributed by atoms with Crippen molar-refractivity contribution in [1.29, 1.82) is 0 Å². The van der Waals surface area contributed by atoms with Crippen molar-refractivity contribution in [3.8, 4) is 0 Å². The molecule has 1 aliphatic heterocycles. The van der Waals surface area contributed by atoms with E-state index in [1.807, 2.05) is 6.92 Å². The van der Waals surface area contributed by atoms with E-state index in [0.29, 0.717) is 30.6 Å². The zero-order chi connectivity index (χ0) is 13.1. The monoisotopic (exact) mass is 262 g/mol. The smallest absolute Gasteiger partial charge is 0.152 e. The molecular formula is C12H26N2O2S. The van der Waals surface area contributed by atoms with E-state index in [9.17, 15) is 8.42 Å². The van der Waals surface area contributed by atoms with Crippen molar-refractivity contribution >= 4 is 9.84 Å². The number of hydrogen-bond acceptors (Lipinski definition) is 4. The minimum Gasteiger partial charge on any atom is -0.330 e. The second-order valence-electron chi connectivity index (χ2n) is 6.01. The molecule has 0 saturated carbocycles. The summed E-state index contributed by atoms with van der Waals surface area (Å²) in [6.45, 7) is 7.85. The number of hydrogen-bond donors (Lipinski definition) is 2. The predicted molar refractivity (Wildman–Crippen MR) is 71.7 cm³/mol. The lowest BCUT2D eigenvalue weighted by atomic mass is 9.95. The fourth-order valence-electron chi connectivity index (χ4n) is 2.47. The topological polar surface area (TPSA) is 72.2 Å². The quantitative estimate of drug-likeness (QED) is 0.742. The molecule has 0 amide bonds. The molecule has 1 saturated heterocycles. The average Bonchev–Trinajstić information content (AvgIpc) is 2.48. The van der Waals surface area contributed by atoms with E-state index in [4.69, 9.17) is 5.73 Å². The summed E-state index contributed by atoms with van der Waals surface area (Å²) in [7, 11) is -2.83. The van der Waals surface area contributed by atoms with Crippen LogP contribution in [0.5, 0.6) is 0 Å². The third-order valence-electron chi connectivity index (χ3n) is 3.46. The van der Waals surface area contributed by atoms with Gasteiger partial charge in [-0.2, -0.15) is 0 Å². The van der Waals surface area contributed by atoms with Gasteiger partial charge in [-0.1, -0.05) is 13.8 Å². The molecule has 17 heavy (non-hydrogen) atoms. The van der Waals surface area contributed by atoms with Crippen LogP contribution in [0.1, 0.15) is 33.6 Å². The highest BCUT2D eigenvalue weighted by molar-refractivity contribution is 7.91. The number of sulfone groups is 1. The zero-order valence-corrected chi connectivity index (χ0v) is 12.0. The molecule has 1 heterocycles. The van der Waals surface area contributed by atoms with Crippen LogP contribution in [0.15, 0.2) is 0 Å². The van der Waals surface area contributed by atoms with E-state index in [2.05, 4.69) is 19.2 Å². The van der Waals surface area contributed by atoms with E-state index < -0.39 is 9.84 Å². The molecule has 0 aromatic heterocycles. The maximum atomic E-state index is 11.5. The summed E-state index contributed by atoms with van der Waals surface area (Å²) < 4.78 is 22.9. The van der Waals surface area contributed by atoms with Gasteiger partial charge in [0, 0.05) is 5.54 Å². The van der Waals surface area contributed by atoms with E-state index in [1.54, 1.807) is 0 Å². The molecule has 1 fully saturated rings. The lowest BCUT2D eigenvalue weighted by molar-refractivity contribution is 0.326. The van der Waals surface area contributed by atoms with E-state index in [-0.39, 0.29) is 11.3 Å². The summed E-state index contributed by atoms with van der Waals surface area (Å²) in [6.07, 6.45) is 1.81. The largest absolute Gasteiger partial charge is 0.330 e. The van der Waals surface area contributed by atoms with Gasteiger partial charge in [0.15, 0.2) is 9.84 Å². The Kier molecular flexibility index (Phi) is 4.98. The first-order chi connectivity index (χ1) is 7.76. The first-order valence-corrected chi connectivity index (χ1v) is 8.24. The Balaban J connectivity index is 2.44. The van der Waals surface area contributed by atoms with Crippen molar-refractivity contribution in [1.82, 2.24) is 5.32 Å². The van der Waals surface area contributed by atoms with Crippen LogP contribution in [0.3, 0.4) is 0 Å². The van der Waals surface area contributed by atoms with Crippen molar-refractivity contribution in [2.24, 2.45) is 17.6 Å². The Morgan fingerprint density at radius 3 is 2.47 bits per heavy atom. The molecule has 0 spiro atoms. The van der Waals surface area contributed by atoms with Gasteiger partial charge in [-0.05, 0) is 44.7 Å². The minimum absolute atomic E-state index is 0.247. The SMILES string of the molecule is CC(C)CC(CN)CNC1(C)CCS(=O)(=O)C1. The van der Waals surface area contributed by atoms with Crippen molar-refractivity contribution in [2.45, 2.75) is 39.2 Å². The van der Waals surface area contributed by atoms with Crippen molar-refractivity contribution < 1.29 is 8.42 Å². The summed E-state index contributed by atoms with van der Waals surface area (Å²) in [5.74, 6) is 1.65. The molecule has 3 N–H and O–H groups in total. The number of nitrogens with two attached hydrogens (primary N) is 1. The predicted octanol–water partition coefficient (Wildman–Crippen LogP) is 0.774. The van der Waals surface area contributed by atoms with Crippen LogP contribution in [-0.2, 0) is 9.84 Å². The summed E-state index contributed by atoms with van der Waals surface area (Å²) in [6, 6.07) is 0. The van der Waals surface area contributed by atoms with Gasteiger partial charge in [0.1, 0.15) is 0 Å². The van der Waals surface area contributed by atoms with Gasteiger partial charge in [-0.25, -0.2) is 8.42 Å². The Bertz CT molecular complexity index is 340. The number of rotatable bonds is 6. The van der Waals surface area contributed by atoms with E-state index in [1.165, 1.54) is 0 Å². The molecule has 1 rings (SSSR count). The first-order valence-electron chi connectivity index (χ1n) is 6.42. The van der Waals surface area contributed by atoms with Gasteiger partial charge in [0.25, 0.3) is 0 Å². The maximum Gasteiger partial charge on any atom is 0.152 e. The molecule has 0 radical (unpaired) electrons. The fraction of sp³-hybridized carbons (Fsp3) is 1.00. The van der Waals surface area contributed by atoms with E-state index in [0.717, 1.165) is 13.0 Å². The van der Waals surface area contributed by atoms with Gasteiger partial charge < -0.3 is 11.1 Å². The standard InChI is InChI=1S/C12H26N2O2S/c1-10(2)6-11(7-13)8-14-12(3)4-5-17(15,16)9-12/h10-11,14H,4-9,13H2,1-3H3. The second kappa shape index (κ2) is 5.67. The van der Waals surface area contributed by atoms with Crippen LogP contribution in [0.4, 0.5) is 0 Å². The second-order valence-corrected chi connectivity index (χ2v) is 8.20. The molecule has 0 bridgehead atoms. The minimum atomic E-state index is -2.83.